The second-order valence-electron chi connectivity index (χ2n) is 14.4. The van der Waals surface area contributed by atoms with Crippen molar-refractivity contribution < 1.29 is 23.2 Å². The number of H-pyrrole nitrogens is 1. The van der Waals surface area contributed by atoms with Gasteiger partial charge in [-0.1, -0.05) is 62.4 Å². The normalized spacial score (nSPS) is 21.9. The van der Waals surface area contributed by atoms with Crippen LogP contribution < -0.4 is 15.4 Å². The summed E-state index contributed by atoms with van der Waals surface area (Å²) >= 11 is 1.39. The summed E-state index contributed by atoms with van der Waals surface area (Å²) in [5.74, 6) is 1.43. The van der Waals surface area contributed by atoms with Gasteiger partial charge in [0, 0.05) is 57.4 Å². The minimum Gasteiger partial charge on any atom is -0.469 e. The van der Waals surface area contributed by atoms with Gasteiger partial charge in [0.05, 0.1) is 11.1 Å². The van der Waals surface area contributed by atoms with Crippen molar-refractivity contribution in [2.45, 2.75) is 44.4 Å². The third-order valence-corrected chi connectivity index (χ3v) is 12.1. The average Bonchev–Trinajstić information content (AvgIpc) is 3.99. The lowest BCUT2D eigenvalue weighted by atomic mass is 9.72. The fourth-order valence-electron chi connectivity index (χ4n) is 8.73. The Morgan fingerprint density at radius 3 is 2.75 bits per heavy atom. The number of anilines is 1. The molecule has 4 aliphatic rings. The molecule has 0 saturated heterocycles. The molecule has 0 fully saturated rings. The Morgan fingerprint density at radius 2 is 1.88 bits per heavy atom. The second kappa shape index (κ2) is 10.5. The van der Waals surface area contributed by atoms with E-state index in [0.717, 1.165) is 50.0 Å². The molecule has 7 aromatic rings. The first-order chi connectivity index (χ1) is 25.4. The minimum atomic E-state index is -1.01. The largest absolute Gasteiger partial charge is 0.469 e. The van der Waals surface area contributed by atoms with Crippen LogP contribution in [0.15, 0.2) is 93.3 Å². The van der Waals surface area contributed by atoms with Gasteiger partial charge in [-0.2, -0.15) is 0 Å². The van der Waals surface area contributed by atoms with Gasteiger partial charge < -0.3 is 29.2 Å². The van der Waals surface area contributed by atoms with Gasteiger partial charge in [-0.15, -0.1) is 11.3 Å². The Labute approximate surface area is 301 Å². The number of thiophene rings is 1. The Hall–Kier alpha value is -5.94. The van der Waals surface area contributed by atoms with Crippen molar-refractivity contribution in [3.63, 3.8) is 0 Å². The second-order valence-corrected chi connectivity index (χ2v) is 15.4. The highest BCUT2D eigenvalue weighted by Crippen LogP contribution is 2.61. The molecule has 3 N–H and O–H groups in total. The number of rotatable bonds is 4. The van der Waals surface area contributed by atoms with Crippen molar-refractivity contribution in [3.05, 3.63) is 118 Å². The van der Waals surface area contributed by atoms with Crippen molar-refractivity contribution in [2.75, 3.05) is 5.32 Å². The quantitative estimate of drug-likeness (QED) is 0.156. The minimum absolute atomic E-state index is 0.0584. The standard InChI is InChI=1S/C41H31N5O5S/c1-19(2)33-39-45-35-36(51-39)41-25-8-3-7-23(22-6-4-9-27-32(22)24(17-42-27)30-18-43-38(35)49-30)34(25)46-40(41)50-29-12-11-20(15-26(29)41)14-21(37(48)44-33)16-28(47)31-10-5-13-52-31/h3-13,15,17-19,21,33,40,42,46H,14,16H2,1-2H3,(H,44,48)/t21-,33+,40+,41?/m1/s1. The summed E-state index contributed by atoms with van der Waals surface area (Å²) in [5, 5.41) is 9.95. The molecular weight excluding hydrogens is 675 g/mol. The van der Waals surface area contributed by atoms with Gasteiger partial charge in [-0.05, 0) is 47.0 Å². The number of benzene rings is 3. The van der Waals surface area contributed by atoms with Crippen LogP contribution >= 0.6 is 11.3 Å². The fourth-order valence-corrected chi connectivity index (χ4v) is 9.41. The molecule has 4 aliphatic heterocycles. The summed E-state index contributed by atoms with van der Waals surface area (Å²) in [6.45, 7) is 4.04. The maximum absolute atomic E-state index is 14.3. The Kier molecular flexibility index (Phi) is 6.04. The molecule has 3 aromatic carbocycles. The zero-order valence-electron chi connectivity index (χ0n) is 28.2. The maximum Gasteiger partial charge on any atom is 0.249 e. The number of aromatic nitrogens is 3. The first-order valence-corrected chi connectivity index (χ1v) is 18.4. The van der Waals surface area contributed by atoms with Crippen LogP contribution in [0, 0.1) is 11.8 Å². The zero-order valence-corrected chi connectivity index (χ0v) is 29.0. The number of carbonyl (C=O) groups is 2. The number of ether oxygens (including phenoxy) is 1. The molecule has 52 heavy (non-hydrogen) atoms. The number of fused-ring (bicyclic) bond motifs is 7. The number of oxazole rings is 2. The van der Waals surface area contributed by atoms with E-state index in [0.29, 0.717) is 46.0 Å². The lowest BCUT2D eigenvalue weighted by Crippen LogP contribution is -2.40. The molecule has 11 heteroatoms. The molecule has 10 nitrogen and oxygen atoms in total. The highest BCUT2D eigenvalue weighted by molar-refractivity contribution is 7.12. The Morgan fingerprint density at radius 1 is 1.00 bits per heavy atom. The molecule has 0 radical (unpaired) electrons. The van der Waals surface area contributed by atoms with Crippen LogP contribution in [-0.4, -0.2) is 32.9 Å². The molecule has 4 atom stereocenters. The zero-order chi connectivity index (χ0) is 34.9. The van der Waals surface area contributed by atoms with E-state index in [2.05, 4.69) is 58.1 Å². The predicted octanol–water partition coefficient (Wildman–Crippen LogP) is 8.26. The van der Waals surface area contributed by atoms with Gasteiger partial charge in [-0.25, -0.2) is 9.97 Å². The lowest BCUT2D eigenvalue weighted by molar-refractivity contribution is -0.126. The topological polar surface area (TPSA) is 135 Å². The first-order valence-electron chi connectivity index (χ1n) is 17.5. The maximum atomic E-state index is 14.3. The van der Waals surface area contributed by atoms with E-state index < -0.39 is 23.6 Å². The van der Waals surface area contributed by atoms with Gasteiger partial charge >= 0.3 is 0 Å². The van der Waals surface area contributed by atoms with Crippen molar-refractivity contribution in [1.29, 1.82) is 0 Å². The van der Waals surface area contributed by atoms with E-state index in [1.165, 1.54) is 11.3 Å². The first kappa shape index (κ1) is 29.8. The number of nitrogens with zero attached hydrogens (tertiary/aromatic N) is 2. The predicted molar refractivity (Wildman–Crippen MR) is 195 cm³/mol. The third-order valence-electron chi connectivity index (χ3n) is 11.2. The number of aromatic amines is 1. The van der Waals surface area contributed by atoms with Crippen molar-refractivity contribution in [1.82, 2.24) is 20.3 Å². The molecule has 10 bridgehead atoms. The number of hydrogen-bond acceptors (Lipinski definition) is 9. The van der Waals surface area contributed by atoms with Crippen LogP contribution in [0.2, 0.25) is 0 Å². The van der Waals surface area contributed by atoms with Crippen LogP contribution in [0.3, 0.4) is 0 Å². The van der Waals surface area contributed by atoms with E-state index in [9.17, 15) is 9.59 Å². The van der Waals surface area contributed by atoms with Crippen molar-refractivity contribution in [2.24, 2.45) is 11.8 Å². The smallest absolute Gasteiger partial charge is 0.249 e. The monoisotopic (exact) mass is 705 g/mol. The number of amides is 1. The number of ketones is 1. The van der Waals surface area contributed by atoms with Gasteiger partial charge in [0.25, 0.3) is 0 Å². The molecule has 8 heterocycles. The number of nitrogens with one attached hydrogen (secondary N) is 3. The highest BCUT2D eigenvalue weighted by Gasteiger charge is 2.61. The van der Waals surface area contributed by atoms with E-state index in [-0.39, 0.29) is 24.0 Å². The van der Waals surface area contributed by atoms with Crippen LogP contribution in [0.25, 0.3) is 44.9 Å². The third kappa shape index (κ3) is 3.94. The molecule has 4 aromatic heterocycles. The van der Waals surface area contributed by atoms with E-state index in [4.69, 9.17) is 23.5 Å². The van der Waals surface area contributed by atoms with Crippen molar-refractivity contribution in [3.8, 4) is 39.8 Å². The van der Waals surface area contributed by atoms with Gasteiger partial charge in [0.15, 0.2) is 29.2 Å². The summed E-state index contributed by atoms with van der Waals surface area (Å²) in [4.78, 5) is 41.8. The average molecular weight is 706 g/mol. The Bertz CT molecular complexity index is 2630. The molecule has 1 spiro atoms. The summed E-state index contributed by atoms with van der Waals surface area (Å²) < 4.78 is 20.5. The SMILES string of the molecule is CC(C)[C@@H]1NC(=O)[C@@H](CC(=O)c2cccs2)Cc2ccc3c(c2)C24c5cccc(c5N[C@H]2O3)-c2cccc3[nH]cc(c23)-c2cnc(o2)-c2nc1oc24. The van der Waals surface area contributed by atoms with Gasteiger partial charge in [0.1, 0.15) is 17.2 Å². The van der Waals surface area contributed by atoms with Crippen LogP contribution in [0.4, 0.5) is 5.69 Å². The van der Waals surface area contributed by atoms with Crippen LogP contribution in [0.1, 0.15) is 64.3 Å². The summed E-state index contributed by atoms with van der Waals surface area (Å²) in [6.07, 6.45) is 3.52. The molecule has 1 amide bonds. The summed E-state index contributed by atoms with van der Waals surface area (Å²) in [6, 6.07) is 21.7. The number of carbonyl (C=O) groups excluding carboxylic acids is 2. The van der Waals surface area contributed by atoms with Gasteiger partial charge in [-0.3, -0.25) is 9.59 Å². The number of hydrogen-bond donors (Lipinski definition) is 3. The van der Waals surface area contributed by atoms with E-state index in [1.807, 2.05) is 49.7 Å². The highest BCUT2D eigenvalue weighted by atomic mass is 32.1. The van der Waals surface area contributed by atoms with Crippen molar-refractivity contribution >= 4 is 39.6 Å². The fraction of sp³-hybridized carbons (Fsp3) is 0.220. The number of para-hydroxylation sites is 1. The molecule has 1 unspecified atom stereocenters. The number of Topliss-reactive ketones (excluding diaryl/α,β-unsaturated/α-hetero) is 1. The van der Waals surface area contributed by atoms with Crippen LogP contribution in [0.5, 0.6) is 5.75 Å². The van der Waals surface area contributed by atoms with Gasteiger partial charge in [0.2, 0.25) is 17.7 Å². The van der Waals surface area contributed by atoms with E-state index >= 15 is 0 Å². The lowest BCUT2D eigenvalue weighted by Gasteiger charge is -2.28. The molecule has 256 valence electrons. The molecule has 0 saturated carbocycles. The summed E-state index contributed by atoms with van der Waals surface area (Å²) in [7, 11) is 0. The molecular formula is C41H31N5O5S. The van der Waals surface area contributed by atoms with E-state index in [1.54, 1.807) is 6.20 Å². The molecule has 0 aliphatic carbocycles. The molecule has 11 rings (SSSR count). The Balaban J connectivity index is 1.21. The van der Waals surface area contributed by atoms with Crippen LogP contribution in [-0.2, 0) is 16.6 Å². The summed E-state index contributed by atoms with van der Waals surface area (Å²) in [5.41, 5.74) is 7.06.